The van der Waals surface area contributed by atoms with Gasteiger partial charge in [-0.3, -0.25) is 0 Å². The second-order valence-electron chi connectivity index (χ2n) is 5.34. The maximum atomic E-state index is 13.6. The van der Waals surface area contributed by atoms with Crippen molar-refractivity contribution >= 4 is 6.09 Å². The molecule has 7 heteroatoms. The summed E-state index contributed by atoms with van der Waals surface area (Å²) in [5, 5.41) is 2.33. The van der Waals surface area contributed by atoms with Crippen molar-refractivity contribution < 1.29 is 27.1 Å². The van der Waals surface area contributed by atoms with Crippen LogP contribution < -0.4 is 5.32 Å². The third-order valence-electron chi connectivity index (χ3n) is 3.26. The average molecular weight is 291 g/mol. The fourth-order valence-electron chi connectivity index (χ4n) is 2.27. The van der Waals surface area contributed by atoms with E-state index >= 15 is 0 Å². The molecule has 2 rings (SSSR count). The Labute approximate surface area is 112 Å². The third-order valence-corrected chi connectivity index (χ3v) is 3.26. The number of alkyl carbamates (subject to hydrolysis) is 1. The lowest BCUT2D eigenvalue weighted by Gasteiger charge is -2.39. The van der Waals surface area contributed by atoms with E-state index in [0.717, 1.165) is 6.07 Å². The molecule has 1 fully saturated rings. The minimum absolute atomic E-state index is 0.0443. The maximum absolute atomic E-state index is 13.6. The van der Waals surface area contributed by atoms with Crippen LogP contribution in [-0.2, 0) is 10.9 Å². The van der Waals surface area contributed by atoms with E-state index in [1.165, 1.54) is 12.1 Å². The van der Waals surface area contributed by atoms with E-state index in [2.05, 4.69) is 5.32 Å². The highest BCUT2D eigenvalue weighted by Crippen LogP contribution is 2.43. The predicted molar refractivity (Wildman–Crippen MR) is 62.4 cm³/mol. The Bertz CT molecular complexity index is 540. The van der Waals surface area contributed by atoms with Crippen molar-refractivity contribution in [3.05, 3.63) is 35.1 Å². The van der Waals surface area contributed by atoms with Crippen LogP contribution in [0.4, 0.5) is 22.4 Å². The van der Waals surface area contributed by atoms with Gasteiger partial charge in [-0.25, -0.2) is 9.18 Å². The molecule has 1 N–H and O–H groups in total. The van der Waals surface area contributed by atoms with Gasteiger partial charge in [0, 0.05) is 5.41 Å². The highest BCUT2D eigenvalue weighted by molar-refractivity contribution is 5.69. The van der Waals surface area contributed by atoms with Gasteiger partial charge in [0.15, 0.2) is 0 Å². The lowest BCUT2D eigenvalue weighted by atomic mass is 9.78. The molecular formula is C13H13F4NO2. The van der Waals surface area contributed by atoms with Crippen molar-refractivity contribution in [2.45, 2.75) is 26.1 Å². The summed E-state index contributed by atoms with van der Waals surface area (Å²) in [6.45, 7) is 3.24. The topological polar surface area (TPSA) is 38.3 Å². The molecule has 1 aromatic carbocycles. The minimum atomic E-state index is -4.83. The molecule has 0 unspecified atom stereocenters. The number of alkyl halides is 3. The van der Waals surface area contributed by atoms with Crippen LogP contribution in [0.1, 0.15) is 31.0 Å². The zero-order valence-corrected chi connectivity index (χ0v) is 10.8. The number of hydrogen-bond donors (Lipinski definition) is 1. The standard InChI is InChI=1S/C13H13F4NO2/c1-12(2)6-20-11(19)18-10(12)7-4-3-5-8(14)9(7)13(15,16)17/h3-5,10H,6H2,1-2H3,(H,18,19)/t10-/m1/s1. The van der Waals surface area contributed by atoms with Gasteiger partial charge in [-0.05, 0) is 11.6 Å². The monoisotopic (exact) mass is 291 g/mol. The van der Waals surface area contributed by atoms with E-state index in [4.69, 9.17) is 4.74 Å². The Morgan fingerprint density at radius 1 is 1.35 bits per heavy atom. The molecule has 1 heterocycles. The lowest BCUT2D eigenvalue weighted by Crippen LogP contribution is -2.47. The van der Waals surface area contributed by atoms with E-state index in [0.29, 0.717) is 0 Å². The first-order valence-electron chi connectivity index (χ1n) is 5.92. The number of cyclic esters (lactones) is 1. The summed E-state index contributed by atoms with van der Waals surface area (Å²) < 4.78 is 57.4. The minimum Gasteiger partial charge on any atom is -0.449 e. The number of carbonyl (C=O) groups is 1. The summed E-state index contributed by atoms with van der Waals surface area (Å²) in [4.78, 5) is 11.3. The highest BCUT2D eigenvalue weighted by atomic mass is 19.4. The Balaban J connectivity index is 2.57. The van der Waals surface area contributed by atoms with Crippen LogP contribution in [0.2, 0.25) is 0 Å². The Morgan fingerprint density at radius 3 is 2.60 bits per heavy atom. The van der Waals surface area contributed by atoms with Gasteiger partial charge in [-0.1, -0.05) is 26.0 Å². The zero-order valence-electron chi connectivity index (χ0n) is 10.8. The predicted octanol–water partition coefficient (Wildman–Crippen LogP) is 3.65. The molecule has 1 aliphatic heterocycles. The van der Waals surface area contributed by atoms with Gasteiger partial charge in [0.2, 0.25) is 0 Å². The molecule has 0 saturated carbocycles. The van der Waals surface area contributed by atoms with Crippen molar-refractivity contribution in [3.63, 3.8) is 0 Å². The first-order valence-corrected chi connectivity index (χ1v) is 5.92. The number of benzene rings is 1. The summed E-state index contributed by atoms with van der Waals surface area (Å²) in [5.41, 5.74) is -2.43. The summed E-state index contributed by atoms with van der Waals surface area (Å²) in [6.07, 6.45) is -5.65. The SMILES string of the molecule is CC1(C)COC(=O)N[C@@H]1c1cccc(F)c1C(F)(F)F. The number of halogens is 4. The molecule has 1 aromatic rings. The molecule has 0 bridgehead atoms. The number of nitrogens with one attached hydrogen (secondary N) is 1. The second-order valence-corrected chi connectivity index (χ2v) is 5.34. The maximum Gasteiger partial charge on any atom is 0.419 e. The largest absolute Gasteiger partial charge is 0.449 e. The molecule has 1 atom stereocenters. The van der Waals surface area contributed by atoms with Gasteiger partial charge >= 0.3 is 12.3 Å². The summed E-state index contributed by atoms with van der Waals surface area (Å²) >= 11 is 0. The van der Waals surface area contributed by atoms with Gasteiger partial charge < -0.3 is 10.1 Å². The summed E-state index contributed by atoms with van der Waals surface area (Å²) in [6, 6.07) is 2.14. The average Bonchev–Trinajstić information content (AvgIpc) is 2.30. The van der Waals surface area contributed by atoms with Crippen LogP contribution in [0.5, 0.6) is 0 Å². The lowest BCUT2D eigenvalue weighted by molar-refractivity contribution is -0.141. The van der Waals surface area contributed by atoms with Crippen molar-refractivity contribution in [2.75, 3.05) is 6.61 Å². The van der Waals surface area contributed by atoms with E-state index < -0.39 is 35.1 Å². The highest BCUT2D eigenvalue weighted by Gasteiger charge is 2.44. The van der Waals surface area contributed by atoms with Gasteiger partial charge in [0.05, 0.1) is 11.6 Å². The quantitative estimate of drug-likeness (QED) is 0.802. The molecule has 20 heavy (non-hydrogen) atoms. The van der Waals surface area contributed by atoms with Crippen molar-refractivity contribution in [1.29, 1.82) is 0 Å². The Morgan fingerprint density at radius 2 is 2.00 bits per heavy atom. The van der Waals surface area contributed by atoms with E-state index in [-0.39, 0.29) is 12.2 Å². The molecule has 0 aliphatic carbocycles. The fourth-order valence-corrected chi connectivity index (χ4v) is 2.27. The molecular weight excluding hydrogens is 278 g/mol. The molecule has 0 spiro atoms. The van der Waals surface area contributed by atoms with Gasteiger partial charge in [0.25, 0.3) is 0 Å². The second kappa shape index (κ2) is 4.64. The third kappa shape index (κ3) is 2.57. The number of ether oxygens (including phenoxy) is 1. The summed E-state index contributed by atoms with van der Waals surface area (Å²) in [5.74, 6) is -1.36. The normalized spacial score (nSPS) is 22.1. The van der Waals surface area contributed by atoms with Crippen LogP contribution >= 0.6 is 0 Å². The van der Waals surface area contributed by atoms with Gasteiger partial charge in [0.1, 0.15) is 12.4 Å². The van der Waals surface area contributed by atoms with Crippen molar-refractivity contribution in [2.24, 2.45) is 5.41 Å². The van der Waals surface area contributed by atoms with E-state index in [1.54, 1.807) is 13.8 Å². The molecule has 3 nitrogen and oxygen atoms in total. The molecule has 1 aliphatic rings. The Kier molecular flexibility index (Phi) is 3.39. The first kappa shape index (κ1) is 14.6. The molecule has 0 radical (unpaired) electrons. The number of carbonyl (C=O) groups excluding carboxylic acids is 1. The van der Waals surface area contributed by atoms with Crippen molar-refractivity contribution in [3.8, 4) is 0 Å². The van der Waals surface area contributed by atoms with Crippen LogP contribution in [0, 0.1) is 11.2 Å². The zero-order chi connectivity index (χ0) is 15.1. The Hall–Kier alpha value is -1.79. The van der Waals surface area contributed by atoms with Crippen molar-refractivity contribution in [1.82, 2.24) is 5.32 Å². The van der Waals surface area contributed by atoms with Crippen LogP contribution in [-0.4, -0.2) is 12.7 Å². The molecule has 1 saturated heterocycles. The van der Waals surface area contributed by atoms with Gasteiger partial charge in [-0.15, -0.1) is 0 Å². The van der Waals surface area contributed by atoms with Crippen LogP contribution in [0.15, 0.2) is 18.2 Å². The molecule has 1 amide bonds. The number of amides is 1. The fraction of sp³-hybridized carbons (Fsp3) is 0.462. The van der Waals surface area contributed by atoms with E-state index in [1.807, 2.05) is 0 Å². The van der Waals surface area contributed by atoms with Crippen LogP contribution in [0.3, 0.4) is 0 Å². The summed E-state index contributed by atoms with van der Waals surface area (Å²) in [7, 11) is 0. The molecule has 0 aromatic heterocycles. The number of hydrogen-bond acceptors (Lipinski definition) is 2. The smallest absolute Gasteiger partial charge is 0.419 e. The van der Waals surface area contributed by atoms with E-state index in [9.17, 15) is 22.4 Å². The number of rotatable bonds is 1. The van der Waals surface area contributed by atoms with Crippen LogP contribution in [0.25, 0.3) is 0 Å². The van der Waals surface area contributed by atoms with Gasteiger partial charge in [-0.2, -0.15) is 13.2 Å². The molecule has 110 valence electrons. The first-order chi connectivity index (χ1) is 9.13.